The van der Waals surface area contributed by atoms with Gasteiger partial charge in [0.1, 0.15) is 16.5 Å². The second kappa shape index (κ2) is 5.76. The molecule has 0 saturated heterocycles. The molecule has 3 rings (SSSR count). The van der Waals surface area contributed by atoms with Crippen molar-refractivity contribution in [2.24, 2.45) is 0 Å². The zero-order chi connectivity index (χ0) is 14.1. The van der Waals surface area contributed by atoms with Crippen molar-refractivity contribution in [3.05, 3.63) is 33.5 Å². The summed E-state index contributed by atoms with van der Waals surface area (Å²) in [5.74, 6) is 0.614. The molecule has 6 heteroatoms. The van der Waals surface area contributed by atoms with E-state index in [1.165, 1.54) is 4.88 Å². The number of hydrogen-bond donors (Lipinski definition) is 0. The summed E-state index contributed by atoms with van der Waals surface area (Å²) in [5, 5.41) is 8.33. The second-order valence-electron chi connectivity index (χ2n) is 4.21. The average Bonchev–Trinajstić information content (AvgIpc) is 3.04. The number of fused-ring (bicyclic) bond motifs is 1. The summed E-state index contributed by atoms with van der Waals surface area (Å²) >= 11 is 11.3. The lowest BCUT2D eigenvalue weighted by molar-refractivity contribution is 0.344. The smallest absolute Gasteiger partial charge is 0.189 e. The molecule has 0 aliphatic heterocycles. The molecular weight excluding hydrogens is 362 g/mol. The molecule has 0 aliphatic carbocycles. The van der Waals surface area contributed by atoms with E-state index < -0.39 is 0 Å². The van der Waals surface area contributed by atoms with Crippen LogP contribution in [-0.4, -0.2) is 17.1 Å². The molecule has 2 heterocycles. The topological polar surface area (TPSA) is 35.3 Å². The minimum Gasteiger partial charge on any atom is -0.491 e. The first-order chi connectivity index (χ1) is 9.72. The Labute approximate surface area is 133 Å². The van der Waals surface area contributed by atoms with Gasteiger partial charge < -0.3 is 9.26 Å². The molecule has 0 amide bonds. The predicted octanol–water partition coefficient (Wildman–Crippen LogP) is 5.29. The highest BCUT2D eigenvalue weighted by Gasteiger charge is 2.17. The maximum atomic E-state index is 6.32. The zero-order valence-electron chi connectivity index (χ0n) is 10.7. The van der Waals surface area contributed by atoms with Gasteiger partial charge in [-0.1, -0.05) is 32.7 Å². The first-order valence-corrected chi connectivity index (χ1v) is 8.41. The van der Waals surface area contributed by atoms with Gasteiger partial charge in [0, 0.05) is 15.8 Å². The molecule has 0 saturated carbocycles. The van der Waals surface area contributed by atoms with Crippen LogP contribution in [0.5, 0.6) is 5.75 Å². The van der Waals surface area contributed by atoms with Crippen LogP contribution < -0.4 is 4.74 Å². The van der Waals surface area contributed by atoms with Crippen LogP contribution in [0.2, 0.25) is 5.02 Å². The number of hydrogen-bond acceptors (Lipinski definition) is 4. The van der Waals surface area contributed by atoms with Gasteiger partial charge in [-0.15, -0.1) is 11.3 Å². The Bertz CT molecular complexity index is 753. The van der Waals surface area contributed by atoms with Crippen LogP contribution in [0.4, 0.5) is 0 Å². The van der Waals surface area contributed by atoms with Gasteiger partial charge in [0.05, 0.1) is 12.0 Å². The van der Waals surface area contributed by atoms with Gasteiger partial charge in [-0.3, -0.25) is 0 Å². The third-order valence-electron chi connectivity index (χ3n) is 2.99. The van der Waals surface area contributed by atoms with Crippen molar-refractivity contribution >= 4 is 49.8 Å². The van der Waals surface area contributed by atoms with Crippen molar-refractivity contribution in [2.45, 2.75) is 6.92 Å². The van der Waals surface area contributed by atoms with E-state index in [0.29, 0.717) is 23.0 Å². The summed E-state index contributed by atoms with van der Waals surface area (Å²) in [6, 6.07) is 5.84. The Kier molecular flexibility index (Phi) is 4.01. The van der Waals surface area contributed by atoms with E-state index in [2.05, 4.69) is 28.0 Å². The third kappa shape index (κ3) is 2.34. The summed E-state index contributed by atoms with van der Waals surface area (Å²) in [4.78, 5) is 1.20. The van der Waals surface area contributed by atoms with Gasteiger partial charge >= 0.3 is 0 Å². The molecular formula is C14H11BrClNO2S. The van der Waals surface area contributed by atoms with E-state index in [4.69, 9.17) is 20.9 Å². The molecule has 0 atom stereocenters. The minimum atomic E-state index is 0.468. The van der Waals surface area contributed by atoms with Crippen molar-refractivity contribution in [2.75, 3.05) is 11.9 Å². The van der Waals surface area contributed by atoms with Crippen LogP contribution in [-0.2, 0) is 0 Å². The Morgan fingerprint density at radius 1 is 1.40 bits per heavy atom. The fraction of sp³-hybridized carbons (Fsp3) is 0.214. The lowest BCUT2D eigenvalue weighted by atomic mass is 10.1. The van der Waals surface area contributed by atoms with Crippen molar-refractivity contribution < 1.29 is 9.26 Å². The second-order valence-corrected chi connectivity index (χ2v) is 6.50. The Morgan fingerprint density at radius 3 is 2.95 bits per heavy atom. The Morgan fingerprint density at radius 2 is 2.25 bits per heavy atom. The molecule has 3 aromatic rings. The molecule has 3 nitrogen and oxygen atoms in total. The van der Waals surface area contributed by atoms with Crippen LogP contribution >= 0.6 is 38.9 Å². The molecule has 20 heavy (non-hydrogen) atoms. The van der Waals surface area contributed by atoms with Gasteiger partial charge in [-0.2, -0.15) is 0 Å². The Hall–Kier alpha value is -1.04. The standard InChI is InChI=1S/C14H11BrClNO2S/c1-8-9(4-7-20-8)13-10-2-3-11(18-6-5-15)12(16)14(10)19-17-13/h2-4,7H,5-6H2,1H3. The monoisotopic (exact) mass is 371 g/mol. The Balaban J connectivity index is 2.11. The largest absolute Gasteiger partial charge is 0.491 e. The average molecular weight is 373 g/mol. The van der Waals surface area contributed by atoms with Gasteiger partial charge in [-0.05, 0) is 30.5 Å². The quantitative estimate of drug-likeness (QED) is 0.584. The number of rotatable bonds is 4. The highest BCUT2D eigenvalue weighted by atomic mass is 79.9. The molecule has 0 spiro atoms. The fourth-order valence-corrected chi connectivity index (χ4v) is 3.15. The van der Waals surface area contributed by atoms with Crippen LogP contribution in [0.25, 0.3) is 22.2 Å². The lowest BCUT2D eigenvalue weighted by Crippen LogP contribution is -1.98. The summed E-state index contributed by atoms with van der Waals surface area (Å²) in [5.41, 5.74) is 2.48. The van der Waals surface area contributed by atoms with Gasteiger partial charge in [0.15, 0.2) is 5.58 Å². The summed E-state index contributed by atoms with van der Waals surface area (Å²) < 4.78 is 11.0. The molecule has 0 fully saturated rings. The van der Waals surface area contributed by atoms with Gasteiger partial charge in [-0.25, -0.2) is 0 Å². The van der Waals surface area contributed by atoms with Crippen molar-refractivity contribution in [3.8, 4) is 17.0 Å². The number of aryl methyl sites for hydroxylation is 1. The van der Waals surface area contributed by atoms with Crippen LogP contribution in [0.15, 0.2) is 28.1 Å². The number of nitrogens with zero attached hydrogens (tertiary/aromatic N) is 1. The van der Waals surface area contributed by atoms with Crippen LogP contribution in [0, 0.1) is 6.92 Å². The van der Waals surface area contributed by atoms with E-state index in [9.17, 15) is 0 Å². The molecule has 0 radical (unpaired) electrons. The van der Waals surface area contributed by atoms with E-state index in [-0.39, 0.29) is 0 Å². The first kappa shape index (κ1) is 13.9. The molecule has 0 aliphatic rings. The SMILES string of the molecule is Cc1sccc1-c1noc2c(Cl)c(OCCBr)ccc12. The highest BCUT2D eigenvalue weighted by Crippen LogP contribution is 2.39. The molecule has 0 bridgehead atoms. The molecule has 0 N–H and O–H groups in total. The number of ether oxygens (including phenoxy) is 1. The van der Waals surface area contributed by atoms with Crippen LogP contribution in [0.1, 0.15) is 4.88 Å². The lowest BCUT2D eigenvalue weighted by Gasteiger charge is -2.05. The third-order valence-corrected chi connectivity index (χ3v) is 4.52. The normalized spacial score (nSPS) is 11.2. The first-order valence-electron chi connectivity index (χ1n) is 6.03. The maximum Gasteiger partial charge on any atom is 0.189 e. The summed E-state index contributed by atoms with van der Waals surface area (Å²) in [7, 11) is 0. The van der Waals surface area contributed by atoms with Crippen molar-refractivity contribution in [1.29, 1.82) is 0 Å². The van der Waals surface area contributed by atoms with Gasteiger partial charge in [0.25, 0.3) is 0 Å². The van der Waals surface area contributed by atoms with Crippen molar-refractivity contribution in [1.82, 2.24) is 5.16 Å². The number of halogens is 2. The van der Waals surface area contributed by atoms with Crippen molar-refractivity contribution in [3.63, 3.8) is 0 Å². The maximum absolute atomic E-state index is 6.32. The molecule has 0 unspecified atom stereocenters. The minimum absolute atomic E-state index is 0.468. The fourth-order valence-electron chi connectivity index (χ4n) is 2.04. The molecule has 1 aromatic carbocycles. The van der Waals surface area contributed by atoms with Crippen LogP contribution in [0.3, 0.4) is 0 Å². The summed E-state index contributed by atoms with van der Waals surface area (Å²) in [6.07, 6.45) is 0. The van der Waals surface area contributed by atoms with E-state index in [0.717, 1.165) is 22.0 Å². The van der Waals surface area contributed by atoms with E-state index >= 15 is 0 Å². The van der Waals surface area contributed by atoms with E-state index in [1.54, 1.807) is 11.3 Å². The van der Waals surface area contributed by atoms with E-state index in [1.807, 2.05) is 23.6 Å². The number of aromatic nitrogens is 1. The van der Waals surface area contributed by atoms with Gasteiger partial charge in [0.2, 0.25) is 0 Å². The zero-order valence-corrected chi connectivity index (χ0v) is 13.8. The molecule has 2 aromatic heterocycles. The number of benzene rings is 1. The summed E-state index contributed by atoms with van der Waals surface area (Å²) in [6.45, 7) is 2.62. The highest BCUT2D eigenvalue weighted by molar-refractivity contribution is 9.09. The number of alkyl halides is 1. The predicted molar refractivity (Wildman–Crippen MR) is 86.4 cm³/mol. The molecule has 104 valence electrons. The number of thiophene rings is 1.